The normalized spacial score (nSPS) is 19.2. The molecule has 0 aromatic carbocycles. The second kappa shape index (κ2) is 4.24. The van der Waals surface area contributed by atoms with E-state index in [0.29, 0.717) is 12.8 Å². The van der Waals surface area contributed by atoms with Gasteiger partial charge in [0.1, 0.15) is 6.04 Å². The van der Waals surface area contributed by atoms with E-state index in [9.17, 15) is 13.2 Å². The summed E-state index contributed by atoms with van der Waals surface area (Å²) in [5, 5.41) is 8.25. The Morgan fingerprint density at radius 1 is 1.64 bits per heavy atom. The van der Waals surface area contributed by atoms with Gasteiger partial charge in [0, 0.05) is 7.11 Å². The largest absolute Gasteiger partial charge is 0.480 e. The molecule has 1 unspecified atom stereocenters. The van der Waals surface area contributed by atoms with E-state index in [1.54, 1.807) is 0 Å². The van der Waals surface area contributed by atoms with E-state index in [0.717, 1.165) is 0 Å². The molecule has 2 N–H and O–H groups in total. The fourth-order valence-corrected chi connectivity index (χ4v) is 2.51. The molecule has 0 aromatic heterocycles. The Labute approximate surface area is 82.3 Å². The molecular formula is C7H13NO5S. The van der Waals surface area contributed by atoms with Crippen molar-refractivity contribution in [2.75, 3.05) is 13.7 Å². The summed E-state index contributed by atoms with van der Waals surface area (Å²) >= 11 is 0. The van der Waals surface area contributed by atoms with E-state index in [2.05, 4.69) is 9.46 Å². The molecule has 0 spiro atoms. The van der Waals surface area contributed by atoms with E-state index in [1.165, 1.54) is 7.11 Å². The van der Waals surface area contributed by atoms with E-state index in [1.807, 2.05) is 0 Å². The van der Waals surface area contributed by atoms with Crippen LogP contribution in [0, 0.1) is 0 Å². The van der Waals surface area contributed by atoms with E-state index in [-0.39, 0.29) is 6.61 Å². The molecule has 0 saturated heterocycles. The molecule has 1 aliphatic carbocycles. The first-order valence-electron chi connectivity index (χ1n) is 4.20. The highest BCUT2D eigenvalue weighted by Crippen LogP contribution is 2.27. The SMILES string of the molecule is COCC(NS(=O)(=O)C1CC1)C(=O)O. The first kappa shape index (κ1) is 11.4. The number of ether oxygens (including phenoxy) is 1. The molecule has 7 heteroatoms. The van der Waals surface area contributed by atoms with Gasteiger partial charge in [-0.1, -0.05) is 0 Å². The predicted octanol–water partition coefficient (Wildman–Crippen LogP) is -0.832. The van der Waals surface area contributed by atoms with Gasteiger partial charge >= 0.3 is 5.97 Å². The fraction of sp³-hybridized carbons (Fsp3) is 0.857. The van der Waals surface area contributed by atoms with Gasteiger partial charge in [-0.3, -0.25) is 4.79 Å². The number of carboxylic acid groups (broad SMARTS) is 1. The molecule has 1 saturated carbocycles. The van der Waals surface area contributed by atoms with Crippen molar-refractivity contribution in [1.82, 2.24) is 4.72 Å². The zero-order chi connectivity index (χ0) is 10.8. The molecule has 0 radical (unpaired) electrons. The lowest BCUT2D eigenvalue weighted by Crippen LogP contribution is -2.45. The lowest BCUT2D eigenvalue weighted by molar-refractivity contribution is -0.140. The zero-order valence-electron chi connectivity index (χ0n) is 7.76. The van der Waals surface area contributed by atoms with Gasteiger partial charge in [0.25, 0.3) is 0 Å². The molecule has 0 amide bonds. The molecule has 0 aromatic rings. The van der Waals surface area contributed by atoms with Crippen LogP contribution in [0.15, 0.2) is 0 Å². The Morgan fingerprint density at radius 2 is 2.21 bits per heavy atom. The third-order valence-corrected chi connectivity index (χ3v) is 3.86. The molecule has 1 atom stereocenters. The number of methoxy groups -OCH3 is 1. The lowest BCUT2D eigenvalue weighted by Gasteiger charge is -2.12. The van der Waals surface area contributed by atoms with Crippen molar-refractivity contribution in [2.24, 2.45) is 0 Å². The van der Waals surface area contributed by atoms with Crippen molar-refractivity contribution in [3.8, 4) is 0 Å². The van der Waals surface area contributed by atoms with Gasteiger partial charge in [0.2, 0.25) is 10.0 Å². The van der Waals surface area contributed by atoms with Crippen molar-refractivity contribution >= 4 is 16.0 Å². The van der Waals surface area contributed by atoms with Crippen molar-refractivity contribution < 1.29 is 23.1 Å². The second-order valence-electron chi connectivity index (χ2n) is 3.21. The van der Waals surface area contributed by atoms with Crippen molar-refractivity contribution in [3.05, 3.63) is 0 Å². The highest BCUT2D eigenvalue weighted by atomic mass is 32.2. The minimum atomic E-state index is -3.46. The van der Waals surface area contributed by atoms with Gasteiger partial charge in [0.15, 0.2) is 0 Å². The number of carbonyl (C=O) groups is 1. The van der Waals surface area contributed by atoms with Crippen molar-refractivity contribution in [2.45, 2.75) is 24.1 Å². The van der Waals surface area contributed by atoms with Gasteiger partial charge in [-0.15, -0.1) is 0 Å². The van der Waals surface area contributed by atoms with Crippen LogP contribution in [-0.4, -0.2) is 44.5 Å². The second-order valence-corrected chi connectivity index (χ2v) is 5.20. The molecular weight excluding hydrogens is 210 g/mol. The lowest BCUT2D eigenvalue weighted by atomic mass is 10.3. The van der Waals surface area contributed by atoms with Gasteiger partial charge in [-0.2, -0.15) is 4.72 Å². The van der Waals surface area contributed by atoms with Crippen molar-refractivity contribution in [3.63, 3.8) is 0 Å². The number of hydrogen-bond donors (Lipinski definition) is 2. The molecule has 1 aliphatic rings. The van der Waals surface area contributed by atoms with Crippen LogP contribution in [0.2, 0.25) is 0 Å². The maximum absolute atomic E-state index is 11.4. The number of sulfonamides is 1. The topological polar surface area (TPSA) is 92.7 Å². The smallest absolute Gasteiger partial charge is 0.324 e. The summed E-state index contributed by atoms with van der Waals surface area (Å²) in [6, 6.07) is -1.19. The minimum Gasteiger partial charge on any atom is -0.480 e. The molecule has 0 bridgehead atoms. The Kier molecular flexibility index (Phi) is 3.46. The summed E-state index contributed by atoms with van der Waals surface area (Å²) in [6.45, 7) is -0.165. The summed E-state index contributed by atoms with van der Waals surface area (Å²) in [4.78, 5) is 10.6. The maximum Gasteiger partial charge on any atom is 0.324 e. The molecule has 0 aliphatic heterocycles. The Hall–Kier alpha value is -0.660. The molecule has 1 rings (SSSR count). The molecule has 1 fully saturated rings. The van der Waals surface area contributed by atoms with E-state index >= 15 is 0 Å². The summed E-state index contributed by atoms with van der Waals surface area (Å²) in [5.74, 6) is -1.23. The summed E-state index contributed by atoms with van der Waals surface area (Å²) in [7, 11) is -2.14. The minimum absolute atomic E-state index is 0.165. The molecule has 6 nitrogen and oxygen atoms in total. The highest BCUT2D eigenvalue weighted by Gasteiger charge is 2.38. The molecule has 14 heavy (non-hydrogen) atoms. The summed E-state index contributed by atoms with van der Waals surface area (Å²) in [6.07, 6.45) is 1.21. The van der Waals surface area contributed by atoms with Crippen LogP contribution in [0.5, 0.6) is 0 Å². The Balaban J connectivity index is 2.58. The van der Waals surface area contributed by atoms with Crippen LogP contribution in [-0.2, 0) is 19.6 Å². The van der Waals surface area contributed by atoms with Crippen LogP contribution < -0.4 is 4.72 Å². The highest BCUT2D eigenvalue weighted by molar-refractivity contribution is 7.90. The number of rotatable bonds is 6. The maximum atomic E-state index is 11.4. The van der Waals surface area contributed by atoms with Crippen LogP contribution in [0.4, 0.5) is 0 Å². The Morgan fingerprint density at radius 3 is 2.57 bits per heavy atom. The third-order valence-electron chi connectivity index (χ3n) is 1.90. The quantitative estimate of drug-likeness (QED) is 0.613. The summed E-state index contributed by atoms with van der Waals surface area (Å²) in [5.41, 5.74) is 0. The predicted molar refractivity (Wildman–Crippen MR) is 48.4 cm³/mol. The van der Waals surface area contributed by atoms with E-state index < -0.39 is 27.3 Å². The van der Waals surface area contributed by atoms with Gasteiger partial charge in [-0.05, 0) is 12.8 Å². The van der Waals surface area contributed by atoms with Crippen LogP contribution in [0.1, 0.15) is 12.8 Å². The van der Waals surface area contributed by atoms with E-state index in [4.69, 9.17) is 5.11 Å². The van der Waals surface area contributed by atoms with Gasteiger partial charge in [0.05, 0.1) is 11.9 Å². The van der Waals surface area contributed by atoms with Gasteiger partial charge < -0.3 is 9.84 Å². The first-order valence-corrected chi connectivity index (χ1v) is 5.75. The first-order chi connectivity index (χ1) is 6.47. The number of hydrogen-bond acceptors (Lipinski definition) is 4. The number of nitrogens with one attached hydrogen (secondary N) is 1. The average Bonchev–Trinajstić information content (AvgIpc) is 2.84. The summed E-state index contributed by atoms with van der Waals surface area (Å²) < 4.78 is 29.4. The third kappa shape index (κ3) is 2.93. The Bertz CT molecular complexity index is 308. The fourth-order valence-electron chi connectivity index (χ4n) is 0.995. The standard InChI is InChI=1S/C7H13NO5S/c1-13-4-6(7(9)10)8-14(11,12)5-2-3-5/h5-6,8H,2-4H2,1H3,(H,9,10). The van der Waals surface area contributed by atoms with Gasteiger partial charge in [-0.25, -0.2) is 8.42 Å². The monoisotopic (exact) mass is 223 g/mol. The van der Waals surface area contributed by atoms with Crippen molar-refractivity contribution in [1.29, 1.82) is 0 Å². The van der Waals surface area contributed by atoms with Crippen LogP contribution in [0.3, 0.4) is 0 Å². The molecule has 82 valence electrons. The number of carboxylic acids is 1. The van der Waals surface area contributed by atoms with Crippen LogP contribution in [0.25, 0.3) is 0 Å². The van der Waals surface area contributed by atoms with Crippen LogP contribution >= 0.6 is 0 Å². The zero-order valence-corrected chi connectivity index (χ0v) is 8.58. The molecule has 0 heterocycles. The average molecular weight is 223 g/mol. The number of aliphatic carboxylic acids is 1.